The van der Waals surface area contributed by atoms with Crippen LogP contribution in [0.25, 0.3) is 0 Å². The standard InChI is InChI=1S/C14H21BrN2O2/c1-14(2,11-4-6-12(15)7-5-11)17-13(18)10-16-8-9-19-3/h4-7,16H,8-10H2,1-3H3,(H,17,18). The molecule has 106 valence electrons. The maximum atomic E-state index is 11.8. The molecule has 0 atom stereocenters. The highest BCUT2D eigenvalue weighted by Gasteiger charge is 2.22. The summed E-state index contributed by atoms with van der Waals surface area (Å²) in [6, 6.07) is 7.95. The zero-order chi connectivity index (χ0) is 14.3. The molecule has 0 saturated carbocycles. The topological polar surface area (TPSA) is 50.4 Å². The van der Waals surface area contributed by atoms with Crippen molar-refractivity contribution in [2.45, 2.75) is 19.4 Å². The number of amides is 1. The van der Waals surface area contributed by atoms with E-state index in [1.54, 1.807) is 7.11 Å². The second-order valence-corrected chi connectivity index (χ2v) is 5.77. The highest BCUT2D eigenvalue weighted by molar-refractivity contribution is 9.10. The maximum Gasteiger partial charge on any atom is 0.234 e. The number of hydrogen-bond acceptors (Lipinski definition) is 3. The first-order valence-electron chi connectivity index (χ1n) is 6.22. The molecule has 19 heavy (non-hydrogen) atoms. The highest BCUT2D eigenvalue weighted by atomic mass is 79.9. The fourth-order valence-electron chi connectivity index (χ4n) is 1.71. The predicted octanol–water partition coefficient (Wildman–Crippen LogP) is 2.04. The Morgan fingerprint density at radius 2 is 1.95 bits per heavy atom. The average molecular weight is 329 g/mol. The molecular weight excluding hydrogens is 308 g/mol. The lowest BCUT2D eigenvalue weighted by Gasteiger charge is -2.27. The molecular formula is C14H21BrN2O2. The molecule has 0 aliphatic carbocycles. The third-order valence-corrected chi connectivity index (χ3v) is 3.32. The van der Waals surface area contributed by atoms with Crippen LogP contribution in [0.1, 0.15) is 19.4 Å². The molecule has 4 nitrogen and oxygen atoms in total. The largest absolute Gasteiger partial charge is 0.383 e. The molecule has 0 aromatic heterocycles. The number of rotatable bonds is 7. The lowest BCUT2D eigenvalue weighted by Crippen LogP contribution is -2.45. The lowest BCUT2D eigenvalue weighted by atomic mass is 9.94. The Bertz CT molecular complexity index is 404. The zero-order valence-corrected chi connectivity index (χ0v) is 13.2. The molecule has 0 unspecified atom stereocenters. The van der Waals surface area contributed by atoms with Crippen molar-refractivity contribution in [3.8, 4) is 0 Å². The Hall–Kier alpha value is -0.910. The molecule has 0 spiro atoms. The van der Waals surface area contributed by atoms with Gasteiger partial charge in [-0.1, -0.05) is 28.1 Å². The van der Waals surface area contributed by atoms with Gasteiger partial charge in [0.05, 0.1) is 18.7 Å². The van der Waals surface area contributed by atoms with Crippen molar-refractivity contribution in [1.29, 1.82) is 0 Å². The summed E-state index contributed by atoms with van der Waals surface area (Å²) in [5.74, 6) is -0.0241. The van der Waals surface area contributed by atoms with Gasteiger partial charge in [0.1, 0.15) is 0 Å². The van der Waals surface area contributed by atoms with Crippen molar-refractivity contribution in [1.82, 2.24) is 10.6 Å². The first-order valence-corrected chi connectivity index (χ1v) is 7.02. The van der Waals surface area contributed by atoms with Crippen LogP contribution in [-0.4, -0.2) is 32.7 Å². The van der Waals surface area contributed by atoms with Crippen molar-refractivity contribution >= 4 is 21.8 Å². The number of carbonyl (C=O) groups excluding carboxylic acids is 1. The summed E-state index contributed by atoms with van der Waals surface area (Å²) >= 11 is 3.40. The van der Waals surface area contributed by atoms with Gasteiger partial charge in [-0.2, -0.15) is 0 Å². The summed E-state index contributed by atoms with van der Waals surface area (Å²) in [5, 5.41) is 6.04. The van der Waals surface area contributed by atoms with Crippen LogP contribution in [-0.2, 0) is 15.1 Å². The molecule has 1 rings (SSSR count). The zero-order valence-electron chi connectivity index (χ0n) is 11.6. The molecule has 2 N–H and O–H groups in total. The van der Waals surface area contributed by atoms with E-state index < -0.39 is 0 Å². The van der Waals surface area contributed by atoms with Gasteiger partial charge in [0.25, 0.3) is 0 Å². The van der Waals surface area contributed by atoms with Gasteiger partial charge in [-0.25, -0.2) is 0 Å². The first kappa shape index (κ1) is 16.1. The summed E-state index contributed by atoms with van der Waals surface area (Å²) < 4.78 is 5.93. The Morgan fingerprint density at radius 1 is 1.32 bits per heavy atom. The second kappa shape index (κ2) is 7.62. The molecule has 1 aromatic carbocycles. The van der Waals surface area contributed by atoms with Crippen LogP contribution in [0.3, 0.4) is 0 Å². The van der Waals surface area contributed by atoms with E-state index in [-0.39, 0.29) is 11.4 Å². The molecule has 5 heteroatoms. The smallest absolute Gasteiger partial charge is 0.234 e. The summed E-state index contributed by atoms with van der Waals surface area (Å²) in [6.07, 6.45) is 0. The third kappa shape index (κ3) is 5.72. The Morgan fingerprint density at radius 3 is 2.53 bits per heavy atom. The molecule has 0 fully saturated rings. The van der Waals surface area contributed by atoms with E-state index in [9.17, 15) is 4.79 Å². The van der Waals surface area contributed by atoms with Crippen LogP contribution in [0.15, 0.2) is 28.7 Å². The van der Waals surface area contributed by atoms with E-state index in [1.807, 2.05) is 38.1 Å². The highest BCUT2D eigenvalue weighted by Crippen LogP contribution is 2.21. The van der Waals surface area contributed by atoms with Crippen LogP contribution >= 0.6 is 15.9 Å². The van der Waals surface area contributed by atoms with E-state index in [0.29, 0.717) is 19.7 Å². The van der Waals surface area contributed by atoms with Gasteiger partial charge in [-0.3, -0.25) is 4.79 Å². The van der Waals surface area contributed by atoms with Gasteiger partial charge in [-0.05, 0) is 31.5 Å². The fraction of sp³-hybridized carbons (Fsp3) is 0.500. The number of benzene rings is 1. The molecule has 1 amide bonds. The minimum atomic E-state index is -0.388. The molecule has 0 bridgehead atoms. The van der Waals surface area contributed by atoms with Crippen LogP contribution in [0, 0.1) is 0 Å². The van der Waals surface area contributed by atoms with E-state index in [0.717, 1.165) is 10.0 Å². The van der Waals surface area contributed by atoms with Gasteiger partial charge in [0.15, 0.2) is 0 Å². The maximum absolute atomic E-state index is 11.8. The van der Waals surface area contributed by atoms with Crippen LogP contribution in [0.2, 0.25) is 0 Å². The molecule has 0 aliphatic rings. The van der Waals surface area contributed by atoms with Crippen LogP contribution in [0.5, 0.6) is 0 Å². The van der Waals surface area contributed by atoms with Crippen molar-refractivity contribution < 1.29 is 9.53 Å². The Kier molecular flexibility index (Phi) is 6.48. The molecule has 0 heterocycles. The SMILES string of the molecule is COCCNCC(=O)NC(C)(C)c1ccc(Br)cc1. The van der Waals surface area contributed by atoms with Crippen LogP contribution < -0.4 is 10.6 Å². The summed E-state index contributed by atoms with van der Waals surface area (Å²) in [7, 11) is 1.64. The third-order valence-electron chi connectivity index (χ3n) is 2.79. The minimum absolute atomic E-state index is 0.0241. The number of methoxy groups -OCH3 is 1. The molecule has 0 saturated heterocycles. The van der Waals surface area contributed by atoms with Crippen molar-refractivity contribution in [3.05, 3.63) is 34.3 Å². The molecule has 1 aromatic rings. The fourth-order valence-corrected chi connectivity index (χ4v) is 1.97. The van der Waals surface area contributed by atoms with Gasteiger partial charge >= 0.3 is 0 Å². The van der Waals surface area contributed by atoms with Gasteiger partial charge in [0.2, 0.25) is 5.91 Å². The predicted molar refractivity (Wildman–Crippen MR) is 80.1 cm³/mol. The molecule has 0 radical (unpaired) electrons. The van der Waals surface area contributed by atoms with E-state index in [1.165, 1.54) is 0 Å². The monoisotopic (exact) mass is 328 g/mol. The summed E-state index contributed by atoms with van der Waals surface area (Å²) in [5.41, 5.74) is 0.682. The first-order chi connectivity index (χ1) is 8.95. The summed E-state index contributed by atoms with van der Waals surface area (Å²) in [4.78, 5) is 11.8. The van der Waals surface area contributed by atoms with Gasteiger partial charge in [0, 0.05) is 18.1 Å². The van der Waals surface area contributed by atoms with Crippen molar-refractivity contribution in [2.24, 2.45) is 0 Å². The van der Waals surface area contributed by atoms with Crippen molar-refractivity contribution in [3.63, 3.8) is 0 Å². The Labute approximate surface area is 123 Å². The van der Waals surface area contributed by atoms with E-state index >= 15 is 0 Å². The second-order valence-electron chi connectivity index (χ2n) is 4.85. The van der Waals surface area contributed by atoms with Crippen molar-refractivity contribution in [2.75, 3.05) is 26.8 Å². The molecule has 0 aliphatic heterocycles. The number of halogens is 1. The van der Waals surface area contributed by atoms with E-state index in [2.05, 4.69) is 26.6 Å². The van der Waals surface area contributed by atoms with Gasteiger partial charge in [-0.15, -0.1) is 0 Å². The average Bonchev–Trinajstić information content (AvgIpc) is 2.34. The quantitative estimate of drug-likeness (QED) is 0.753. The minimum Gasteiger partial charge on any atom is -0.383 e. The normalized spacial score (nSPS) is 11.4. The van der Waals surface area contributed by atoms with Crippen LogP contribution in [0.4, 0.5) is 0 Å². The lowest BCUT2D eigenvalue weighted by molar-refractivity contribution is -0.121. The summed E-state index contributed by atoms with van der Waals surface area (Å²) in [6.45, 7) is 5.54. The number of ether oxygens (including phenoxy) is 1. The van der Waals surface area contributed by atoms with Gasteiger partial charge < -0.3 is 15.4 Å². The number of carbonyl (C=O) groups is 1. The number of nitrogens with one attached hydrogen (secondary N) is 2. The van der Waals surface area contributed by atoms with E-state index in [4.69, 9.17) is 4.74 Å². The number of hydrogen-bond donors (Lipinski definition) is 2. The Balaban J connectivity index is 2.49.